The Kier molecular flexibility index (Phi) is 4.26. The molecule has 4 heterocycles. The van der Waals surface area contributed by atoms with E-state index in [9.17, 15) is 9.59 Å². The molecule has 1 fully saturated rings. The zero-order valence-electron chi connectivity index (χ0n) is 16.5. The first-order valence-corrected chi connectivity index (χ1v) is 10.3. The Hall–Kier alpha value is -2.96. The molecule has 0 spiro atoms. The lowest BCUT2D eigenvalue weighted by Gasteiger charge is -2.44. The maximum absolute atomic E-state index is 13.5. The highest BCUT2D eigenvalue weighted by Crippen LogP contribution is 2.34. The van der Waals surface area contributed by atoms with Crippen LogP contribution in [0.2, 0.25) is 0 Å². The number of carbonyl (C=O) groups excluding carboxylic acids is 2. The highest BCUT2D eigenvalue weighted by Gasteiger charge is 2.48. The quantitative estimate of drug-likeness (QED) is 0.731. The van der Waals surface area contributed by atoms with Gasteiger partial charge in [-0.2, -0.15) is 0 Å². The summed E-state index contributed by atoms with van der Waals surface area (Å²) in [5, 5.41) is 3.22. The Balaban J connectivity index is 1.53. The fraction of sp³-hybridized carbons (Fsp3) is 0.455. The lowest BCUT2D eigenvalue weighted by molar-refractivity contribution is -0.134. The first-order chi connectivity index (χ1) is 14.1. The molecule has 152 valence electrons. The van der Waals surface area contributed by atoms with Crippen molar-refractivity contribution in [2.45, 2.75) is 63.7 Å². The summed E-state index contributed by atoms with van der Waals surface area (Å²) in [7, 11) is 0. The maximum Gasteiger partial charge on any atom is 0.272 e. The topological polar surface area (TPSA) is 80.6 Å². The minimum Gasteiger partial charge on any atom is -0.467 e. The molecule has 5 rings (SSSR count). The molecule has 2 aliphatic rings. The molecule has 2 amide bonds. The standard InChI is InChI=1S/C22H25N3O4/c1-22(21(27)23-15-6-3-2-4-7-15)14-24-17-9-11-29-19(17)12-18(24)20(26)25(22)13-16-8-5-10-28-16/h5,8-12,15H,2-4,6-7,13-14H2,1H3,(H,23,27). The Morgan fingerprint density at radius 1 is 1.21 bits per heavy atom. The first-order valence-electron chi connectivity index (χ1n) is 10.3. The number of furan rings is 2. The number of hydrogen-bond donors (Lipinski definition) is 1. The van der Waals surface area contributed by atoms with Crippen molar-refractivity contribution in [1.82, 2.24) is 14.8 Å². The molecule has 0 saturated heterocycles. The van der Waals surface area contributed by atoms with Crippen LogP contribution in [0.5, 0.6) is 0 Å². The van der Waals surface area contributed by atoms with Crippen LogP contribution >= 0.6 is 0 Å². The van der Waals surface area contributed by atoms with Crippen molar-refractivity contribution in [2.75, 3.05) is 0 Å². The van der Waals surface area contributed by atoms with Gasteiger partial charge in [-0.3, -0.25) is 9.59 Å². The van der Waals surface area contributed by atoms with E-state index in [4.69, 9.17) is 8.83 Å². The average molecular weight is 395 g/mol. The van der Waals surface area contributed by atoms with Gasteiger partial charge >= 0.3 is 0 Å². The molecule has 0 aromatic carbocycles. The van der Waals surface area contributed by atoms with Gasteiger partial charge < -0.3 is 23.6 Å². The summed E-state index contributed by atoms with van der Waals surface area (Å²) in [6.45, 7) is 2.46. The van der Waals surface area contributed by atoms with Crippen LogP contribution in [0, 0.1) is 0 Å². The fourth-order valence-electron chi connectivity index (χ4n) is 4.67. The van der Waals surface area contributed by atoms with Gasteiger partial charge in [0.15, 0.2) is 5.58 Å². The number of carbonyl (C=O) groups is 2. The molecule has 1 N–H and O–H groups in total. The summed E-state index contributed by atoms with van der Waals surface area (Å²) in [6.07, 6.45) is 8.67. The number of hydrogen-bond acceptors (Lipinski definition) is 4. The number of rotatable bonds is 4. The van der Waals surface area contributed by atoms with Crippen molar-refractivity contribution in [3.63, 3.8) is 0 Å². The largest absolute Gasteiger partial charge is 0.467 e. The van der Waals surface area contributed by atoms with Crippen molar-refractivity contribution >= 4 is 22.9 Å². The summed E-state index contributed by atoms with van der Waals surface area (Å²) < 4.78 is 12.9. The van der Waals surface area contributed by atoms with Crippen LogP contribution in [0.3, 0.4) is 0 Å². The molecule has 0 radical (unpaired) electrons. The minimum absolute atomic E-state index is 0.111. The van der Waals surface area contributed by atoms with Gasteiger partial charge in [0.1, 0.15) is 17.0 Å². The van der Waals surface area contributed by atoms with Crippen molar-refractivity contribution in [3.05, 3.63) is 48.2 Å². The Bertz CT molecular complexity index is 1040. The molecular weight excluding hydrogens is 370 g/mol. The van der Waals surface area contributed by atoms with Crippen LogP contribution in [-0.2, 0) is 17.9 Å². The summed E-state index contributed by atoms with van der Waals surface area (Å²) in [5.41, 5.74) is 0.997. The second kappa shape index (κ2) is 6.83. The van der Waals surface area contributed by atoms with E-state index in [0.29, 0.717) is 23.6 Å². The number of fused-ring (bicyclic) bond motifs is 3. The summed E-state index contributed by atoms with van der Waals surface area (Å²) >= 11 is 0. The monoisotopic (exact) mass is 395 g/mol. The van der Waals surface area contributed by atoms with Gasteiger partial charge in [0.25, 0.3) is 5.91 Å². The third kappa shape index (κ3) is 2.96. The van der Waals surface area contributed by atoms with Crippen LogP contribution in [-0.4, -0.2) is 32.9 Å². The summed E-state index contributed by atoms with van der Waals surface area (Å²) in [6, 6.07) is 7.39. The highest BCUT2D eigenvalue weighted by molar-refractivity contribution is 6.02. The number of nitrogens with zero attached hydrogens (tertiary/aromatic N) is 2. The van der Waals surface area contributed by atoms with Crippen LogP contribution in [0.15, 0.2) is 45.6 Å². The molecular formula is C22H25N3O4. The molecule has 3 aromatic rings. The summed E-state index contributed by atoms with van der Waals surface area (Å²) in [5.74, 6) is 0.347. The van der Waals surface area contributed by atoms with Gasteiger partial charge in [-0.05, 0) is 31.9 Å². The van der Waals surface area contributed by atoms with Crippen molar-refractivity contribution < 1.29 is 18.4 Å². The maximum atomic E-state index is 13.5. The third-order valence-electron chi connectivity index (χ3n) is 6.37. The minimum atomic E-state index is -1.03. The van der Waals surface area contributed by atoms with E-state index in [-0.39, 0.29) is 24.4 Å². The van der Waals surface area contributed by atoms with E-state index in [1.165, 1.54) is 6.42 Å². The zero-order valence-corrected chi connectivity index (χ0v) is 16.5. The van der Waals surface area contributed by atoms with Crippen LogP contribution in [0.25, 0.3) is 11.1 Å². The smallest absolute Gasteiger partial charge is 0.272 e. The van der Waals surface area contributed by atoms with Crippen molar-refractivity contribution in [3.8, 4) is 0 Å². The van der Waals surface area contributed by atoms with E-state index in [2.05, 4.69) is 5.32 Å². The second-order valence-corrected chi connectivity index (χ2v) is 8.34. The van der Waals surface area contributed by atoms with Crippen molar-refractivity contribution in [2.24, 2.45) is 0 Å². The predicted molar refractivity (Wildman–Crippen MR) is 106 cm³/mol. The van der Waals surface area contributed by atoms with Gasteiger partial charge in [0, 0.05) is 18.2 Å². The SMILES string of the molecule is CC1(C(=O)NC2CCCCC2)Cn2c(cc3occc32)C(=O)N1Cc1ccco1. The van der Waals surface area contributed by atoms with Gasteiger partial charge in [-0.15, -0.1) is 0 Å². The van der Waals surface area contributed by atoms with E-state index < -0.39 is 5.54 Å². The Morgan fingerprint density at radius 2 is 2.03 bits per heavy atom. The number of amides is 2. The van der Waals surface area contributed by atoms with Gasteiger partial charge in [0.2, 0.25) is 5.91 Å². The lowest BCUT2D eigenvalue weighted by atomic mass is 9.91. The van der Waals surface area contributed by atoms with Crippen LogP contribution < -0.4 is 5.32 Å². The second-order valence-electron chi connectivity index (χ2n) is 8.34. The van der Waals surface area contributed by atoms with E-state index in [0.717, 1.165) is 31.2 Å². The number of aromatic nitrogens is 1. The molecule has 1 atom stereocenters. The van der Waals surface area contributed by atoms with Gasteiger partial charge in [-0.25, -0.2) is 0 Å². The van der Waals surface area contributed by atoms with E-state index in [1.54, 1.807) is 29.6 Å². The first kappa shape index (κ1) is 18.1. The van der Waals surface area contributed by atoms with Crippen LogP contribution in [0.1, 0.15) is 55.3 Å². The lowest BCUT2D eigenvalue weighted by Crippen LogP contribution is -2.64. The normalized spacial score (nSPS) is 22.8. The molecule has 3 aromatic heterocycles. The van der Waals surface area contributed by atoms with Gasteiger partial charge in [0.05, 0.1) is 31.1 Å². The average Bonchev–Trinajstić information content (AvgIpc) is 3.45. The molecule has 0 bridgehead atoms. The zero-order chi connectivity index (χ0) is 20.0. The third-order valence-corrected chi connectivity index (χ3v) is 6.37. The molecule has 1 aliphatic carbocycles. The Morgan fingerprint density at radius 3 is 2.79 bits per heavy atom. The molecule has 1 saturated carbocycles. The fourth-order valence-corrected chi connectivity index (χ4v) is 4.67. The summed E-state index contributed by atoms with van der Waals surface area (Å²) in [4.78, 5) is 28.6. The Labute approximate surface area is 168 Å². The predicted octanol–water partition coefficient (Wildman–Crippen LogP) is 3.69. The van der Waals surface area contributed by atoms with Gasteiger partial charge in [-0.1, -0.05) is 19.3 Å². The number of nitrogens with one attached hydrogen (secondary N) is 1. The molecule has 29 heavy (non-hydrogen) atoms. The highest BCUT2D eigenvalue weighted by atomic mass is 16.3. The van der Waals surface area contributed by atoms with Crippen LogP contribution in [0.4, 0.5) is 0 Å². The molecule has 7 nitrogen and oxygen atoms in total. The molecule has 1 aliphatic heterocycles. The molecule has 7 heteroatoms. The van der Waals surface area contributed by atoms with Crippen molar-refractivity contribution in [1.29, 1.82) is 0 Å². The van der Waals surface area contributed by atoms with E-state index >= 15 is 0 Å². The van der Waals surface area contributed by atoms with E-state index in [1.807, 2.05) is 23.6 Å². The molecule has 1 unspecified atom stereocenters.